The van der Waals surface area contributed by atoms with Crippen LogP contribution in [-0.4, -0.2) is 13.7 Å². The van der Waals surface area contributed by atoms with Gasteiger partial charge in [-0.05, 0) is 45.2 Å². The fraction of sp³-hybridized carbons (Fsp3) is 0.385. The van der Waals surface area contributed by atoms with Crippen LogP contribution < -0.4 is 10.1 Å². The van der Waals surface area contributed by atoms with Crippen LogP contribution in [0.25, 0.3) is 0 Å². The van der Waals surface area contributed by atoms with E-state index in [4.69, 9.17) is 4.74 Å². The second kappa shape index (κ2) is 6.71. The second-order valence-corrected chi connectivity index (χ2v) is 4.79. The zero-order valence-corrected chi connectivity index (χ0v) is 11.6. The summed E-state index contributed by atoms with van der Waals surface area (Å²) < 4.78 is 6.79. The molecular weight excluding hydrogens is 266 g/mol. The standard InChI is InChI=1S/C13H18BrNO/c1-10(2)6-7-16-13-5-4-12(14)8-11(13)9-15-3/h4-6,8,15H,7,9H2,1-3H3. The summed E-state index contributed by atoms with van der Waals surface area (Å²) in [6, 6.07) is 6.07. The van der Waals surface area contributed by atoms with E-state index in [-0.39, 0.29) is 0 Å². The molecule has 0 radical (unpaired) electrons. The average Bonchev–Trinajstić information content (AvgIpc) is 2.21. The number of hydrogen-bond acceptors (Lipinski definition) is 2. The number of hydrogen-bond donors (Lipinski definition) is 1. The van der Waals surface area contributed by atoms with Gasteiger partial charge >= 0.3 is 0 Å². The summed E-state index contributed by atoms with van der Waals surface area (Å²) in [5, 5.41) is 3.13. The van der Waals surface area contributed by atoms with Crippen LogP contribution in [0.4, 0.5) is 0 Å². The first-order valence-corrected chi connectivity index (χ1v) is 6.12. The Morgan fingerprint density at radius 2 is 2.19 bits per heavy atom. The number of allylic oxidation sites excluding steroid dienone is 1. The van der Waals surface area contributed by atoms with Gasteiger partial charge in [-0.3, -0.25) is 0 Å². The minimum atomic E-state index is 0.626. The zero-order valence-electron chi connectivity index (χ0n) is 10.0. The van der Waals surface area contributed by atoms with Gasteiger partial charge in [-0.1, -0.05) is 21.5 Å². The Labute approximate surface area is 106 Å². The molecule has 0 aliphatic rings. The SMILES string of the molecule is CNCc1cc(Br)ccc1OCC=C(C)C. The molecule has 88 valence electrons. The summed E-state index contributed by atoms with van der Waals surface area (Å²) in [6.07, 6.45) is 2.07. The van der Waals surface area contributed by atoms with Gasteiger partial charge in [-0.2, -0.15) is 0 Å². The molecule has 1 rings (SSSR count). The predicted octanol–water partition coefficient (Wildman–Crippen LogP) is 3.51. The smallest absolute Gasteiger partial charge is 0.124 e. The van der Waals surface area contributed by atoms with E-state index in [1.165, 1.54) is 11.1 Å². The van der Waals surface area contributed by atoms with Gasteiger partial charge in [0.1, 0.15) is 12.4 Å². The van der Waals surface area contributed by atoms with E-state index in [2.05, 4.69) is 47.2 Å². The molecule has 1 aromatic carbocycles. The topological polar surface area (TPSA) is 21.3 Å². The molecule has 0 aromatic heterocycles. The van der Waals surface area contributed by atoms with E-state index in [9.17, 15) is 0 Å². The maximum Gasteiger partial charge on any atom is 0.124 e. The van der Waals surface area contributed by atoms with Crippen molar-refractivity contribution in [2.75, 3.05) is 13.7 Å². The van der Waals surface area contributed by atoms with E-state index in [1.807, 2.05) is 19.2 Å². The van der Waals surface area contributed by atoms with Gasteiger partial charge in [0.2, 0.25) is 0 Å². The molecule has 16 heavy (non-hydrogen) atoms. The van der Waals surface area contributed by atoms with Crippen LogP contribution in [-0.2, 0) is 6.54 Å². The summed E-state index contributed by atoms with van der Waals surface area (Å²) >= 11 is 3.46. The normalized spacial score (nSPS) is 10.0. The molecule has 0 saturated carbocycles. The summed E-state index contributed by atoms with van der Waals surface area (Å²) in [6.45, 7) is 5.57. The molecule has 0 aliphatic heterocycles. The maximum atomic E-state index is 5.72. The summed E-state index contributed by atoms with van der Waals surface area (Å²) in [7, 11) is 1.93. The third-order valence-electron chi connectivity index (χ3n) is 2.12. The third-order valence-corrected chi connectivity index (χ3v) is 2.61. The van der Waals surface area contributed by atoms with Gasteiger partial charge in [0.15, 0.2) is 0 Å². The molecule has 0 heterocycles. The van der Waals surface area contributed by atoms with Gasteiger partial charge in [-0.25, -0.2) is 0 Å². The minimum absolute atomic E-state index is 0.626. The van der Waals surface area contributed by atoms with Crippen LogP contribution in [0.3, 0.4) is 0 Å². The van der Waals surface area contributed by atoms with Crippen molar-refractivity contribution < 1.29 is 4.74 Å². The van der Waals surface area contributed by atoms with E-state index in [1.54, 1.807) is 0 Å². The van der Waals surface area contributed by atoms with Crippen molar-refractivity contribution in [3.8, 4) is 5.75 Å². The highest BCUT2D eigenvalue weighted by atomic mass is 79.9. The van der Waals surface area contributed by atoms with Gasteiger partial charge in [0.05, 0.1) is 0 Å². The lowest BCUT2D eigenvalue weighted by molar-refractivity contribution is 0.357. The Hall–Kier alpha value is -0.800. The van der Waals surface area contributed by atoms with E-state index < -0.39 is 0 Å². The van der Waals surface area contributed by atoms with Crippen molar-refractivity contribution in [2.45, 2.75) is 20.4 Å². The molecule has 3 heteroatoms. The average molecular weight is 284 g/mol. The Kier molecular flexibility index (Phi) is 5.56. The van der Waals surface area contributed by atoms with Gasteiger partial charge < -0.3 is 10.1 Å². The fourth-order valence-corrected chi connectivity index (χ4v) is 1.72. The molecule has 0 unspecified atom stereocenters. The Bertz CT molecular complexity index is 370. The highest BCUT2D eigenvalue weighted by Crippen LogP contribution is 2.23. The van der Waals surface area contributed by atoms with Crippen LogP contribution in [0.1, 0.15) is 19.4 Å². The first-order valence-electron chi connectivity index (χ1n) is 5.32. The third kappa shape index (κ3) is 4.37. The molecule has 0 spiro atoms. The van der Waals surface area contributed by atoms with E-state index >= 15 is 0 Å². The molecule has 1 N–H and O–H groups in total. The molecule has 2 nitrogen and oxygen atoms in total. The maximum absolute atomic E-state index is 5.72. The van der Waals surface area contributed by atoms with Crippen LogP contribution in [0.5, 0.6) is 5.75 Å². The molecule has 0 saturated heterocycles. The van der Waals surface area contributed by atoms with Crippen LogP contribution in [0.2, 0.25) is 0 Å². The van der Waals surface area contributed by atoms with Crippen LogP contribution in [0, 0.1) is 0 Å². The molecule has 0 bridgehead atoms. The highest BCUT2D eigenvalue weighted by Gasteiger charge is 2.02. The predicted molar refractivity (Wildman–Crippen MR) is 71.8 cm³/mol. The highest BCUT2D eigenvalue weighted by molar-refractivity contribution is 9.10. The van der Waals surface area contributed by atoms with Crippen molar-refractivity contribution in [2.24, 2.45) is 0 Å². The number of halogens is 1. The van der Waals surface area contributed by atoms with Crippen molar-refractivity contribution >= 4 is 15.9 Å². The number of benzene rings is 1. The number of ether oxygens (including phenoxy) is 1. The molecule has 0 aliphatic carbocycles. The Morgan fingerprint density at radius 1 is 1.44 bits per heavy atom. The van der Waals surface area contributed by atoms with Crippen LogP contribution >= 0.6 is 15.9 Å². The fourth-order valence-electron chi connectivity index (χ4n) is 1.32. The quantitative estimate of drug-likeness (QED) is 0.835. The van der Waals surface area contributed by atoms with E-state index in [0.717, 1.165) is 16.8 Å². The molecule has 0 atom stereocenters. The van der Waals surface area contributed by atoms with Gasteiger partial charge in [0.25, 0.3) is 0 Å². The molecule has 0 fully saturated rings. The van der Waals surface area contributed by atoms with Crippen molar-refractivity contribution in [3.63, 3.8) is 0 Å². The second-order valence-electron chi connectivity index (χ2n) is 3.87. The lowest BCUT2D eigenvalue weighted by Gasteiger charge is -2.10. The monoisotopic (exact) mass is 283 g/mol. The summed E-state index contributed by atoms with van der Waals surface area (Å²) in [4.78, 5) is 0. The largest absolute Gasteiger partial charge is 0.489 e. The molecule has 1 aromatic rings. The number of rotatable bonds is 5. The van der Waals surface area contributed by atoms with E-state index in [0.29, 0.717) is 6.61 Å². The summed E-state index contributed by atoms with van der Waals surface area (Å²) in [5.74, 6) is 0.940. The summed E-state index contributed by atoms with van der Waals surface area (Å²) in [5.41, 5.74) is 2.44. The molecular formula is C13H18BrNO. The lowest BCUT2D eigenvalue weighted by atomic mass is 10.2. The Balaban J connectivity index is 2.74. The Morgan fingerprint density at radius 3 is 2.81 bits per heavy atom. The first kappa shape index (κ1) is 13.3. The van der Waals surface area contributed by atoms with Gasteiger partial charge in [-0.15, -0.1) is 0 Å². The van der Waals surface area contributed by atoms with Crippen LogP contribution in [0.15, 0.2) is 34.3 Å². The zero-order chi connectivity index (χ0) is 12.0. The first-order chi connectivity index (χ1) is 7.63. The van der Waals surface area contributed by atoms with Crippen molar-refractivity contribution in [1.82, 2.24) is 5.32 Å². The number of nitrogens with one attached hydrogen (secondary N) is 1. The molecule has 0 amide bonds. The van der Waals surface area contributed by atoms with Crippen molar-refractivity contribution in [1.29, 1.82) is 0 Å². The minimum Gasteiger partial charge on any atom is -0.489 e. The van der Waals surface area contributed by atoms with Crippen molar-refractivity contribution in [3.05, 3.63) is 39.9 Å². The lowest BCUT2D eigenvalue weighted by Crippen LogP contribution is -2.07. The van der Waals surface area contributed by atoms with Gasteiger partial charge in [0, 0.05) is 16.6 Å².